The Kier molecular flexibility index (Phi) is 8.83. The molecule has 0 aliphatic carbocycles. The fourth-order valence-electron chi connectivity index (χ4n) is 3.67. The van der Waals surface area contributed by atoms with Gasteiger partial charge in [-0.25, -0.2) is 13.1 Å². The highest BCUT2D eigenvalue weighted by atomic mass is 32.2. The number of fused-ring (bicyclic) bond motifs is 1. The summed E-state index contributed by atoms with van der Waals surface area (Å²) in [7, 11) is -4.02. The molecule has 0 amide bonds. The van der Waals surface area contributed by atoms with E-state index in [0.717, 1.165) is 55.9 Å². The van der Waals surface area contributed by atoms with Crippen molar-refractivity contribution in [2.45, 2.75) is 26.4 Å². The fourth-order valence-corrected chi connectivity index (χ4v) is 4.87. The molecule has 0 radical (unpaired) electrons. The van der Waals surface area contributed by atoms with Gasteiger partial charge in [0.1, 0.15) is 6.07 Å². The number of aliphatic hydroxyl groups is 1. The lowest BCUT2D eigenvalue weighted by molar-refractivity contribution is 0.0398. The molecule has 1 saturated heterocycles. The Morgan fingerprint density at radius 3 is 2.61 bits per heavy atom. The average Bonchev–Trinajstić information content (AvgIpc) is 2.83. The van der Waals surface area contributed by atoms with Crippen molar-refractivity contribution in [2.75, 3.05) is 51.3 Å². The van der Waals surface area contributed by atoms with Crippen LogP contribution in [0.4, 0.5) is 5.69 Å². The van der Waals surface area contributed by atoms with E-state index >= 15 is 0 Å². The van der Waals surface area contributed by atoms with Crippen LogP contribution in [0.25, 0.3) is 16.3 Å². The number of sulfonamides is 1. The van der Waals surface area contributed by atoms with Crippen molar-refractivity contribution in [3.05, 3.63) is 46.9 Å². The first-order chi connectivity index (χ1) is 15.8. The summed E-state index contributed by atoms with van der Waals surface area (Å²) in [6, 6.07) is 13.5. The van der Waals surface area contributed by atoms with Gasteiger partial charge in [-0.3, -0.25) is 4.90 Å². The first-order valence-corrected chi connectivity index (χ1v) is 12.7. The van der Waals surface area contributed by atoms with Gasteiger partial charge in [0.15, 0.2) is 4.91 Å². The molecule has 1 fully saturated rings. The number of nitrogens with one attached hydrogen (secondary N) is 2. The van der Waals surface area contributed by atoms with Gasteiger partial charge in [0.05, 0.1) is 19.3 Å². The molecule has 8 nitrogen and oxygen atoms in total. The van der Waals surface area contributed by atoms with E-state index in [2.05, 4.69) is 21.0 Å². The van der Waals surface area contributed by atoms with Crippen molar-refractivity contribution in [3.63, 3.8) is 0 Å². The van der Waals surface area contributed by atoms with Crippen LogP contribution in [0.3, 0.4) is 0 Å². The van der Waals surface area contributed by atoms with Crippen LogP contribution in [0.2, 0.25) is 0 Å². The summed E-state index contributed by atoms with van der Waals surface area (Å²) in [6.07, 6.45) is -0.376. The van der Waals surface area contributed by atoms with E-state index in [1.165, 1.54) is 0 Å². The molecular formula is C24H32N4O4S. The van der Waals surface area contributed by atoms with Gasteiger partial charge in [0.25, 0.3) is 10.0 Å². The summed E-state index contributed by atoms with van der Waals surface area (Å²) in [5, 5.41) is 24.6. The SMILES string of the molecule is CCC(O)CNS(=O)(=O)/C(C#N)=C(\C)c1ccc2cc(NCCN3CCOCC3)ccc2c1. The number of hydrogen-bond donors (Lipinski definition) is 3. The zero-order chi connectivity index (χ0) is 23.8. The zero-order valence-electron chi connectivity index (χ0n) is 19.2. The molecule has 3 rings (SSSR count). The van der Waals surface area contributed by atoms with Crippen molar-refractivity contribution in [1.82, 2.24) is 9.62 Å². The van der Waals surface area contributed by atoms with Crippen LogP contribution in [-0.4, -0.2) is 70.5 Å². The Balaban J connectivity index is 1.73. The number of hydrogen-bond acceptors (Lipinski definition) is 7. The molecule has 1 aliphatic rings. The third-order valence-corrected chi connectivity index (χ3v) is 7.31. The molecule has 1 aliphatic heterocycles. The van der Waals surface area contributed by atoms with Gasteiger partial charge in [-0.2, -0.15) is 5.26 Å². The Morgan fingerprint density at radius 2 is 1.91 bits per heavy atom. The maximum absolute atomic E-state index is 12.6. The highest BCUT2D eigenvalue weighted by Gasteiger charge is 2.22. The number of anilines is 1. The summed E-state index contributed by atoms with van der Waals surface area (Å²) >= 11 is 0. The minimum absolute atomic E-state index is 0.129. The third-order valence-electron chi connectivity index (χ3n) is 5.83. The molecule has 0 aromatic heterocycles. The maximum atomic E-state index is 12.6. The van der Waals surface area contributed by atoms with E-state index in [-0.39, 0.29) is 11.4 Å². The lowest BCUT2D eigenvalue weighted by Gasteiger charge is -2.26. The molecule has 9 heteroatoms. The lowest BCUT2D eigenvalue weighted by Crippen LogP contribution is -2.38. The molecule has 2 aromatic rings. The highest BCUT2D eigenvalue weighted by Crippen LogP contribution is 2.27. The van der Waals surface area contributed by atoms with Crippen LogP contribution in [0.5, 0.6) is 0 Å². The first-order valence-electron chi connectivity index (χ1n) is 11.2. The Morgan fingerprint density at radius 1 is 1.21 bits per heavy atom. The van der Waals surface area contributed by atoms with Gasteiger partial charge in [-0.05, 0) is 53.5 Å². The predicted molar refractivity (Wildman–Crippen MR) is 131 cm³/mol. The summed E-state index contributed by atoms with van der Waals surface area (Å²) in [4.78, 5) is 2.03. The van der Waals surface area contributed by atoms with Crippen LogP contribution in [0.1, 0.15) is 25.8 Å². The summed E-state index contributed by atoms with van der Waals surface area (Å²) < 4.78 is 32.9. The van der Waals surface area contributed by atoms with Gasteiger partial charge in [-0.15, -0.1) is 0 Å². The van der Waals surface area contributed by atoms with Crippen molar-refractivity contribution >= 4 is 32.1 Å². The van der Waals surface area contributed by atoms with E-state index < -0.39 is 16.1 Å². The molecule has 0 spiro atoms. The number of benzene rings is 2. The van der Waals surface area contributed by atoms with Gasteiger partial charge in [0.2, 0.25) is 0 Å². The number of allylic oxidation sites excluding steroid dienone is 2. The predicted octanol–water partition coefficient (Wildman–Crippen LogP) is 2.53. The van der Waals surface area contributed by atoms with Gasteiger partial charge in [-0.1, -0.05) is 25.1 Å². The summed E-state index contributed by atoms with van der Waals surface area (Å²) in [6.45, 7) is 8.55. The number of ether oxygens (including phenoxy) is 1. The van der Waals surface area contributed by atoms with Crippen LogP contribution in [0, 0.1) is 11.3 Å². The number of rotatable bonds is 10. The minimum atomic E-state index is -4.02. The first kappa shape index (κ1) is 25.1. The van der Waals surface area contributed by atoms with Crippen molar-refractivity contribution < 1.29 is 18.3 Å². The molecule has 1 atom stereocenters. The van der Waals surface area contributed by atoms with E-state index in [4.69, 9.17) is 4.74 Å². The number of nitriles is 1. The second-order valence-electron chi connectivity index (χ2n) is 8.14. The van der Waals surface area contributed by atoms with E-state index in [1.54, 1.807) is 13.8 Å². The van der Waals surface area contributed by atoms with E-state index in [0.29, 0.717) is 17.6 Å². The van der Waals surface area contributed by atoms with Crippen LogP contribution >= 0.6 is 0 Å². The van der Waals surface area contributed by atoms with Crippen LogP contribution < -0.4 is 10.0 Å². The van der Waals surface area contributed by atoms with Crippen LogP contribution in [-0.2, 0) is 14.8 Å². The van der Waals surface area contributed by atoms with E-state index in [9.17, 15) is 18.8 Å². The summed E-state index contributed by atoms with van der Waals surface area (Å²) in [5.74, 6) is 0. The molecule has 0 saturated carbocycles. The summed E-state index contributed by atoms with van der Waals surface area (Å²) in [5.41, 5.74) is 2.05. The molecule has 2 aromatic carbocycles. The minimum Gasteiger partial charge on any atom is -0.392 e. The zero-order valence-corrected chi connectivity index (χ0v) is 20.0. The number of morpholine rings is 1. The van der Waals surface area contributed by atoms with Gasteiger partial charge < -0.3 is 15.2 Å². The van der Waals surface area contributed by atoms with Crippen molar-refractivity contribution in [1.29, 1.82) is 5.26 Å². The normalized spacial score (nSPS) is 16.8. The molecule has 1 heterocycles. The average molecular weight is 473 g/mol. The van der Waals surface area contributed by atoms with Gasteiger partial charge in [0, 0.05) is 38.4 Å². The topological polar surface area (TPSA) is 115 Å². The van der Waals surface area contributed by atoms with Crippen LogP contribution in [0.15, 0.2) is 41.3 Å². The standard InChI is InChI=1S/C24H32N4O4S/c1-3-23(29)17-27-33(30,31)24(16-25)18(2)19-4-5-21-15-22(7-6-20(21)14-19)26-8-9-28-10-12-32-13-11-28/h4-7,14-15,23,26-27,29H,3,8-13,17H2,1-2H3/b24-18+. The third kappa shape index (κ3) is 6.76. The second kappa shape index (κ2) is 11.6. The molecule has 33 heavy (non-hydrogen) atoms. The smallest absolute Gasteiger partial charge is 0.251 e. The molecule has 3 N–H and O–H groups in total. The Labute approximate surface area is 195 Å². The van der Waals surface area contributed by atoms with Gasteiger partial charge >= 0.3 is 0 Å². The quantitative estimate of drug-likeness (QED) is 0.455. The van der Waals surface area contributed by atoms with Crippen molar-refractivity contribution in [3.8, 4) is 6.07 Å². The molecule has 178 valence electrons. The van der Waals surface area contributed by atoms with E-state index in [1.807, 2.05) is 36.4 Å². The van der Waals surface area contributed by atoms with Crippen molar-refractivity contribution in [2.24, 2.45) is 0 Å². The maximum Gasteiger partial charge on any atom is 0.251 e. The molecule has 1 unspecified atom stereocenters. The monoisotopic (exact) mass is 472 g/mol. The Hall–Kier alpha value is -2.48. The number of nitrogens with zero attached hydrogens (tertiary/aromatic N) is 2. The largest absolute Gasteiger partial charge is 0.392 e. The lowest BCUT2D eigenvalue weighted by atomic mass is 10.0. The highest BCUT2D eigenvalue weighted by molar-refractivity contribution is 7.93. The number of aliphatic hydroxyl groups excluding tert-OH is 1. The molecular weight excluding hydrogens is 440 g/mol. The Bertz CT molecular complexity index is 1130. The molecule has 0 bridgehead atoms. The second-order valence-corrected chi connectivity index (χ2v) is 9.84. The fraction of sp³-hybridized carbons (Fsp3) is 0.458.